The lowest BCUT2D eigenvalue weighted by atomic mass is 9.88. The average Bonchev–Trinajstić information content (AvgIpc) is 2.22. The van der Waals surface area contributed by atoms with E-state index in [0.29, 0.717) is 17.9 Å². The van der Waals surface area contributed by atoms with Crippen molar-refractivity contribution in [3.63, 3.8) is 0 Å². The summed E-state index contributed by atoms with van der Waals surface area (Å²) in [5, 5.41) is 0.644. The lowest BCUT2D eigenvalue weighted by molar-refractivity contribution is -0.123. The highest BCUT2D eigenvalue weighted by molar-refractivity contribution is 6.31. The minimum absolute atomic E-state index is 0.0464. The summed E-state index contributed by atoms with van der Waals surface area (Å²) in [5.41, 5.74) is 7.21. The zero-order valence-electron chi connectivity index (χ0n) is 10.7. The molecule has 0 fully saturated rings. The first-order valence-electron chi connectivity index (χ1n) is 5.94. The smallest absolute Gasteiger partial charge is 0.156 e. The first kappa shape index (κ1) is 14.2. The summed E-state index contributed by atoms with van der Waals surface area (Å²) in [5.74, 6) is 0.0464. The minimum Gasteiger partial charge on any atom is -0.319 e. The van der Waals surface area contributed by atoms with Crippen molar-refractivity contribution in [1.82, 2.24) is 0 Å². The van der Waals surface area contributed by atoms with Crippen LogP contribution < -0.4 is 5.73 Å². The lowest BCUT2D eigenvalue weighted by Gasteiger charge is -2.22. The molecule has 1 aromatic rings. The number of hydrogen-bond acceptors (Lipinski definition) is 2. The number of ketones is 1. The molecule has 0 aliphatic rings. The normalized spacial score (nSPS) is 14.4. The number of carbonyl (C=O) groups is 1. The van der Waals surface area contributed by atoms with Gasteiger partial charge in [0.05, 0.1) is 5.54 Å². The standard InChI is InChI=1S/C14H20ClNO/c1-4-7-14(3,16)13(17)9-11-6-5-10(2)8-12(11)15/h5-6,8H,4,7,9,16H2,1-3H3. The van der Waals surface area contributed by atoms with E-state index in [0.717, 1.165) is 17.5 Å². The van der Waals surface area contributed by atoms with Gasteiger partial charge in [-0.1, -0.05) is 37.1 Å². The third-order valence-corrected chi connectivity index (χ3v) is 3.32. The monoisotopic (exact) mass is 253 g/mol. The van der Waals surface area contributed by atoms with Gasteiger partial charge in [0.2, 0.25) is 0 Å². The van der Waals surface area contributed by atoms with Gasteiger partial charge in [0, 0.05) is 11.4 Å². The van der Waals surface area contributed by atoms with E-state index in [9.17, 15) is 4.79 Å². The fraction of sp³-hybridized carbons (Fsp3) is 0.500. The molecule has 1 rings (SSSR count). The third-order valence-electron chi connectivity index (χ3n) is 2.97. The van der Waals surface area contributed by atoms with E-state index in [1.807, 2.05) is 32.0 Å². The molecule has 1 aromatic carbocycles. The zero-order valence-corrected chi connectivity index (χ0v) is 11.5. The molecule has 0 saturated heterocycles. The third kappa shape index (κ3) is 3.83. The molecule has 1 unspecified atom stereocenters. The highest BCUT2D eigenvalue weighted by Crippen LogP contribution is 2.21. The van der Waals surface area contributed by atoms with Crippen molar-refractivity contribution in [2.75, 3.05) is 0 Å². The summed E-state index contributed by atoms with van der Waals surface area (Å²) in [6, 6.07) is 5.73. The van der Waals surface area contributed by atoms with Crippen LogP contribution >= 0.6 is 11.6 Å². The van der Waals surface area contributed by atoms with Crippen LogP contribution in [0.1, 0.15) is 37.8 Å². The summed E-state index contributed by atoms with van der Waals surface area (Å²) in [4.78, 5) is 12.1. The van der Waals surface area contributed by atoms with E-state index in [-0.39, 0.29) is 5.78 Å². The fourth-order valence-electron chi connectivity index (χ4n) is 1.83. The van der Waals surface area contributed by atoms with Crippen molar-refractivity contribution in [1.29, 1.82) is 0 Å². The van der Waals surface area contributed by atoms with Crippen LogP contribution in [-0.4, -0.2) is 11.3 Å². The Balaban J connectivity index is 2.81. The van der Waals surface area contributed by atoms with Crippen LogP contribution in [0.25, 0.3) is 0 Å². The Hall–Kier alpha value is -0.860. The molecule has 94 valence electrons. The second-order valence-corrected chi connectivity index (χ2v) is 5.27. The summed E-state index contributed by atoms with van der Waals surface area (Å²) < 4.78 is 0. The molecular weight excluding hydrogens is 234 g/mol. The van der Waals surface area contributed by atoms with Crippen molar-refractivity contribution >= 4 is 17.4 Å². The summed E-state index contributed by atoms with van der Waals surface area (Å²) in [6.45, 7) is 5.79. The Bertz CT molecular complexity index is 413. The SMILES string of the molecule is CCCC(C)(N)C(=O)Cc1ccc(C)cc1Cl. The number of Topliss-reactive ketones (excluding diaryl/α,β-unsaturated/α-hetero) is 1. The molecule has 0 aliphatic carbocycles. The molecule has 0 bridgehead atoms. The maximum atomic E-state index is 12.1. The van der Waals surface area contributed by atoms with E-state index in [1.54, 1.807) is 6.92 Å². The quantitative estimate of drug-likeness (QED) is 0.875. The van der Waals surface area contributed by atoms with Gasteiger partial charge in [0.15, 0.2) is 5.78 Å². The van der Waals surface area contributed by atoms with Gasteiger partial charge >= 0.3 is 0 Å². The second kappa shape index (κ2) is 5.65. The molecule has 17 heavy (non-hydrogen) atoms. The van der Waals surface area contributed by atoms with Crippen molar-refractivity contribution in [2.45, 2.75) is 45.6 Å². The molecular formula is C14H20ClNO. The minimum atomic E-state index is -0.747. The van der Waals surface area contributed by atoms with E-state index in [1.165, 1.54) is 0 Å². The number of hydrogen-bond donors (Lipinski definition) is 1. The van der Waals surface area contributed by atoms with E-state index >= 15 is 0 Å². The average molecular weight is 254 g/mol. The van der Waals surface area contributed by atoms with Crippen molar-refractivity contribution in [3.8, 4) is 0 Å². The largest absolute Gasteiger partial charge is 0.319 e. The van der Waals surface area contributed by atoms with Crippen LogP contribution in [-0.2, 0) is 11.2 Å². The molecule has 0 saturated carbocycles. The van der Waals surface area contributed by atoms with Crippen LogP contribution in [0.15, 0.2) is 18.2 Å². The number of nitrogens with two attached hydrogens (primary N) is 1. The molecule has 0 aliphatic heterocycles. The van der Waals surface area contributed by atoms with Gasteiger partial charge in [-0.05, 0) is 37.5 Å². The van der Waals surface area contributed by atoms with E-state index < -0.39 is 5.54 Å². The van der Waals surface area contributed by atoms with E-state index in [4.69, 9.17) is 17.3 Å². The topological polar surface area (TPSA) is 43.1 Å². The summed E-state index contributed by atoms with van der Waals surface area (Å²) in [7, 11) is 0. The lowest BCUT2D eigenvalue weighted by Crippen LogP contribution is -2.45. The summed E-state index contributed by atoms with van der Waals surface area (Å²) in [6.07, 6.45) is 1.92. The van der Waals surface area contributed by atoms with Gasteiger partial charge in [-0.15, -0.1) is 0 Å². The van der Waals surface area contributed by atoms with Gasteiger partial charge in [0.1, 0.15) is 0 Å². The summed E-state index contributed by atoms with van der Waals surface area (Å²) >= 11 is 6.11. The number of halogens is 1. The first-order valence-corrected chi connectivity index (χ1v) is 6.32. The van der Waals surface area contributed by atoms with Crippen molar-refractivity contribution in [3.05, 3.63) is 34.3 Å². The molecule has 2 nitrogen and oxygen atoms in total. The van der Waals surface area contributed by atoms with Gasteiger partial charge in [0.25, 0.3) is 0 Å². The number of aryl methyl sites for hydroxylation is 1. The fourth-order valence-corrected chi connectivity index (χ4v) is 2.13. The molecule has 3 heteroatoms. The Morgan fingerprint density at radius 1 is 1.47 bits per heavy atom. The van der Waals surface area contributed by atoms with Crippen LogP contribution in [0.2, 0.25) is 5.02 Å². The van der Waals surface area contributed by atoms with Crippen LogP contribution in [0, 0.1) is 6.92 Å². The molecule has 0 spiro atoms. The Morgan fingerprint density at radius 2 is 2.12 bits per heavy atom. The van der Waals surface area contributed by atoms with Gasteiger partial charge in [-0.2, -0.15) is 0 Å². The molecule has 0 aromatic heterocycles. The van der Waals surface area contributed by atoms with Crippen LogP contribution in [0.3, 0.4) is 0 Å². The maximum Gasteiger partial charge on any atom is 0.156 e. The van der Waals surface area contributed by atoms with Gasteiger partial charge in [-0.25, -0.2) is 0 Å². The van der Waals surface area contributed by atoms with E-state index in [2.05, 4.69) is 0 Å². The molecule has 0 radical (unpaired) electrons. The predicted octanol–water partition coefficient (Wildman–Crippen LogP) is 3.28. The van der Waals surface area contributed by atoms with Crippen molar-refractivity contribution < 1.29 is 4.79 Å². The number of benzene rings is 1. The zero-order chi connectivity index (χ0) is 13.1. The van der Waals surface area contributed by atoms with Crippen molar-refractivity contribution in [2.24, 2.45) is 5.73 Å². The molecule has 0 amide bonds. The highest BCUT2D eigenvalue weighted by Gasteiger charge is 2.27. The predicted molar refractivity (Wildman–Crippen MR) is 72.4 cm³/mol. The number of carbonyl (C=O) groups excluding carboxylic acids is 1. The first-order chi connectivity index (χ1) is 7.86. The number of rotatable bonds is 5. The van der Waals surface area contributed by atoms with Crippen LogP contribution in [0.4, 0.5) is 0 Å². The van der Waals surface area contributed by atoms with Crippen LogP contribution in [0.5, 0.6) is 0 Å². The Kier molecular flexibility index (Phi) is 4.72. The molecule has 0 heterocycles. The Morgan fingerprint density at radius 3 is 2.65 bits per heavy atom. The molecule has 1 atom stereocenters. The highest BCUT2D eigenvalue weighted by atomic mass is 35.5. The second-order valence-electron chi connectivity index (χ2n) is 4.86. The van der Waals surface area contributed by atoms with Gasteiger partial charge in [-0.3, -0.25) is 4.79 Å². The molecule has 2 N–H and O–H groups in total. The Labute approximate surface area is 108 Å². The van der Waals surface area contributed by atoms with Gasteiger partial charge < -0.3 is 5.73 Å². The maximum absolute atomic E-state index is 12.1.